The van der Waals surface area contributed by atoms with Crippen molar-refractivity contribution in [2.75, 3.05) is 13.2 Å². The summed E-state index contributed by atoms with van der Waals surface area (Å²) < 4.78 is 4.92. The monoisotopic (exact) mass is 102 g/mol. The van der Waals surface area contributed by atoms with Gasteiger partial charge in [-0.15, -0.1) is 0 Å². The zero-order valence-electron chi connectivity index (χ0n) is 4.42. The van der Waals surface area contributed by atoms with Crippen LogP contribution in [0, 0.1) is 5.92 Å². The van der Waals surface area contributed by atoms with Crippen LogP contribution in [0.2, 0.25) is 0 Å². The number of aliphatic hydroxyl groups is 1. The first-order chi connectivity index (χ1) is 3.30. The Morgan fingerprint density at radius 1 is 1.57 bits per heavy atom. The van der Waals surface area contributed by atoms with E-state index in [1.165, 1.54) is 0 Å². The van der Waals surface area contributed by atoms with Gasteiger partial charge in [-0.3, -0.25) is 0 Å². The van der Waals surface area contributed by atoms with Crippen molar-refractivity contribution >= 4 is 0 Å². The molecular formula is C5H10O2. The Balaban J connectivity index is 2.33. The van der Waals surface area contributed by atoms with Crippen LogP contribution in [-0.2, 0) is 4.74 Å². The van der Waals surface area contributed by atoms with E-state index in [2.05, 4.69) is 0 Å². The van der Waals surface area contributed by atoms with Crippen molar-refractivity contribution in [3.8, 4) is 0 Å². The zero-order chi connectivity index (χ0) is 5.28. The highest BCUT2D eigenvalue weighted by atomic mass is 16.5. The van der Waals surface area contributed by atoms with Gasteiger partial charge in [0.15, 0.2) is 0 Å². The highest BCUT2D eigenvalue weighted by Gasteiger charge is 2.20. The van der Waals surface area contributed by atoms with E-state index in [1.54, 1.807) is 0 Å². The molecule has 2 unspecified atom stereocenters. The zero-order valence-corrected chi connectivity index (χ0v) is 4.42. The Kier molecular flexibility index (Phi) is 1.30. The van der Waals surface area contributed by atoms with Crippen LogP contribution < -0.4 is 0 Å². The van der Waals surface area contributed by atoms with Gasteiger partial charge in [0, 0.05) is 5.92 Å². The second-order valence-electron chi connectivity index (χ2n) is 2.08. The molecule has 0 radical (unpaired) electrons. The lowest BCUT2D eigenvalue weighted by Crippen LogP contribution is -2.13. The van der Waals surface area contributed by atoms with E-state index in [1.807, 2.05) is 6.92 Å². The maximum atomic E-state index is 8.87. The van der Waals surface area contributed by atoms with Crippen molar-refractivity contribution in [1.29, 1.82) is 0 Å². The van der Waals surface area contributed by atoms with Gasteiger partial charge in [-0.25, -0.2) is 0 Å². The smallest absolute Gasteiger partial charge is 0.0821 e. The molecule has 1 fully saturated rings. The standard InChI is InChI=1S/C5H10O2/c1-4-2-7-3-5(4)6/h4-6H,2-3H2,1H3. The van der Waals surface area contributed by atoms with Gasteiger partial charge in [0.05, 0.1) is 19.3 Å². The van der Waals surface area contributed by atoms with Crippen LogP contribution in [0.15, 0.2) is 0 Å². The molecule has 1 rings (SSSR count). The van der Waals surface area contributed by atoms with E-state index < -0.39 is 0 Å². The third-order valence-electron chi connectivity index (χ3n) is 1.33. The molecule has 0 amide bonds. The average molecular weight is 102 g/mol. The molecule has 7 heavy (non-hydrogen) atoms. The summed E-state index contributed by atoms with van der Waals surface area (Å²) >= 11 is 0. The van der Waals surface area contributed by atoms with Gasteiger partial charge in [-0.1, -0.05) is 6.92 Å². The minimum atomic E-state index is -0.208. The number of hydrogen-bond acceptors (Lipinski definition) is 2. The van der Waals surface area contributed by atoms with Crippen LogP contribution in [-0.4, -0.2) is 24.4 Å². The number of rotatable bonds is 0. The summed E-state index contributed by atoms with van der Waals surface area (Å²) in [6, 6.07) is 0. The third kappa shape index (κ3) is 0.924. The molecule has 1 heterocycles. The molecule has 1 aliphatic heterocycles. The summed E-state index contributed by atoms with van der Waals surface area (Å²) in [4.78, 5) is 0. The van der Waals surface area contributed by atoms with Crippen molar-refractivity contribution < 1.29 is 9.84 Å². The fourth-order valence-electron chi connectivity index (χ4n) is 0.650. The average Bonchev–Trinajstić information content (AvgIpc) is 1.91. The molecule has 0 aliphatic carbocycles. The first kappa shape index (κ1) is 5.06. The summed E-state index contributed by atoms with van der Waals surface area (Å²) in [5.41, 5.74) is 0. The van der Waals surface area contributed by atoms with Crippen LogP contribution in [0.3, 0.4) is 0 Å². The number of hydrogen-bond donors (Lipinski definition) is 1. The summed E-state index contributed by atoms with van der Waals surface area (Å²) in [6.45, 7) is 3.24. The molecule has 2 heteroatoms. The van der Waals surface area contributed by atoms with E-state index in [0.717, 1.165) is 6.61 Å². The molecule has 2 nitrogen and oxygen atoms in total. The first-order valence-corrected chi connectivity index (χ1v) is 2.56. The summed E-state index contributed by atoms with van der Waals surface area (Å²) in [5, 5.41) is 8.87. The summed E-state index contributed by atoms with van der Waals surface area (Å²) in [7, 11) is 0. The Morgan fingerprint density at radius 3 is 2.43 bits per heavy atom. The van der Waals surface area contributed by atoms with Crippen LogP contribution in [0.4, 0.5) is 0 Å². The van der Waals surface area contributed by atoms with Gasteiger partial charge in [0.25, 0.3) is 0 Å². The van der Waals surface area contributed by atoms with Crippen molar-refractivity contribution in [2.24, 2.45) is 5.92 Å². The second-order valence-corrected chi connectivity index (χ2v) is 2.08. The molecule has 1 saturated heterocycles. The SMILES string of the molecule is CC1COCC1O. The minimum Gasteiger partial charge on any atom is -0.390 e. The number of aliphatic hydroxyl groups excluding tert-OH is 1. The summed E-state index contributed by atoms with van der Waals surface area (Å²) in [6.07, 6.45) is -0.208. The lowest BCUT2D eigenvalue weighted by atomic mass is 10.1. The molecule has 1 N–H and O–H groups in total. The molecule has 0 spiro atoms. The van der Waals surface area contributed by atoms with E-state index in [4.69, 9.17) is 9.84 Å². The van der Waals surface area contributed by atoms with E-state index in [-0.39, 0.29) is 6.10 Å². The molecule has 0 aromatic rings. The maximum absolute atomic E-state index is 8.87. The normalized spacial score (nSPS) is 42.0. The van der Waals surface area contributed by atoms with E-state index in [9.17, 15) is 0 Å². The second kappa shape index (κ2) is 1.80. The minimum absolute atomic E-state index is 0.208. The highest BCUT2D eigenvalue weighted by Crippen LogP contribution is 2.10. The molecule has 2 atom stereocenters. The molecule has 0 bridgehead atoms. The van der Waals surface area contributed by atoms with Crippen molar-refractivity contribution in [2.45, 2.75) is 13.0 Å². The number of ether oxygens (including phenoxy) is 1. The van der Waals surface area contributed by atoms with Crippen LogP contribution in [0.1, 0.15) is 6.92 Å². The van der Waals surface area contributed by atoms with E-state index in [0.29, 0.717) is 12.5 Å². The maximum Gasteiger partial charge on any atom is 0.0821 e. The predicted molar refractivity (Wildman–Crippen MR) is 26.0 cm³/mol. The van der Waals surface area contributed by atoms with Crippen LogP contribution >= 0.6 is 0 Å². The fourth-order valence-corrected chi connectivity index (χ4v) is 0.650. The van der Waals surface area contributed by atoms with E-state index >= 15 is 0 Å². The molecule has 0 aromatic heterocycles. The fraction of sp³-hybridized carbons (Fsp3) is 1.00. The molecule has 1 aliphatic rings. The van der Waals surface area contributed by atoms with Gasteiger partial charge in [-0.2, -0.15) is 0 Å². The van der Waals surface area contributed by atoms with Gasteiger partial charge in [0.2, 0.25) is 0 Å². The predicted octanol–water partition coefficient (Wildman–Crippen LogP) is 0.0136. The molecule has 42 valence electrons. The Labute approximate surface area is 43.1 Å². The Bertz CT molecular complexity index is 55.1. The van der Waals surface area contributed by atoms with Crippen molar-refractivity contribution in [3.63, 3.8) is 0 Å². The Hall–Kier alpha value is -0.0800. The van der Waals surface area contributed by atoms with Crippen LogP contribution in [0.5, 0.6) is 0 Å². The van der Waals surface area contributed by atoms with Gasteiger partial charge < -0.3 is 9.84 Å². The van der Waals surface area contributed by atoms with Crippen molar-refractivity contribution in [1.82, 2.24) is 0 Å². The third-order valence-corrected chi connectivity index (χ3v) is 1.33. The first-order valence-electron chi connectivity index (χ1n) is 2.56. The lowest BCUT2D eigenvalue weighted by molar-refractivity contribution is 0.120. The summed E-state index contributed by atoms with van der Waals surface area (Å²) in [5.74, 6) is 0.347. The van der Waals surface area contributed by atoms with Crippen molar-refractivity contribution in [3.05, 3.63) is 0 Å². The highest BCUT2D eigenvalue weighted by molar-refractivity contribution is 4.68. The molecule has 0 saturated carbocycles. The van der Waals surface area contributed by atoms with Gasteiger partial charge in [-0.05, 0) is 0 Å². The molecule has 0 aromatic carbocycles. The Morgan fingerprint density at radius 2 is 2.29 bits per heavy atom. The quantitative estimate of drug-likeness (QED) is 0.467. The molecular weight excluding hydrogens is 92.1 g/mol. The lowest BCUT2D eigenvalue weighted by Gasteiger charge is -2.00. The van der Waals surface area contributed by atoms with Crippen LogP contribution in [0.25, 0.3) is 0 Å². The topological polar surface area (TPSA) is 29.5 Å². The van der Waals surface area contributed by atoms with Gasteiger partial charge in [0.1, 0.15) is 0 Å². The van der Waals surface area contributed by atoms with Gasteiger partial charge >= 0.3 is 0 Å². The largest absolute Gasteiger partial charge is 0.390 e.